The van der Waals surface area contributed by atoms with E-state index in [-0.39, 0.29) is 5.78 Å². The Bertz CT molecular complexity index is 1040. The molecule has 0 radical (unpaired) electrons. The average Bonchev–Trinajstić information content (AvgIpc) is 2.81. The maximum atomic E-state index is 15.1. The fourth-order valence-electron chi connectivity index (χ4n) is 3.84. The lowest BCUT2D eigenvalue weighted by atomic mass is 10.2. The molecule has 0 spiro atoms. The van der Waals surface area contributed by atoms with Crippen molar-refractivity contribution in [2.75, 3.05) is 11.9 Å². The lowest BCUT2D eigenvalue weighted by molar-refractivity contribution is 0.577. The van der Waals surface area contributed by atoms with Gasteiger partial charge in [-0.15, -0.1) is 0 Å². The van der Waals surface area contributed by atoms with Crippen LogP contribution in [-0.2, 0) is 4.57 Å². The van der Waals surface area contributed by atoms with Crippen LogP contribution in [0, 0.1) is 0 Å². The van der Waals surface area contributed by atoms with Gasteiger partial charge in [0.05, 0.1) is 0 Å². The molecule has 4 aromatic rings. The normalized spacial score (nSPS) is 12.3. The topological polar surface area (TPSA) is 20.3 Å². The Morgan fingerprint density at radius 2 is 0.966 bits per heavy atom. The SMILES string of the molecule is CN(c1ccccc1)C(c1ccccc1)P(=O)(c1ccccc1)c1ccccc1. The maximum absolute atomic E-state index is 15.1. The summed E-state index contributed by atoms with van der Waals surface area (Å²) >= 11 is 0. The van der Waals surface area contributed by atoms with Crippen molar-refractivity contribution in [3.63, 3.8) is 0 Å². The van der Waals surface area contributed by atoms with Crippen LogP contribution < -0.4 is 15.5 Å². The van der Waals surface area contributed by atoms with Crippen LogP contribution in [0.15, 0.2) is 121 Å². The van der Waals surface area contributed by atoms with Gasteiger partial charge in [0.2, 0.25) is 0 Å². The first-order chi connectivity index (χ1) is 14.2. The average molecular weight is 397 g/mol. The van der Waals surface area contributed by atoms with Crippen molar-refractivity contribution < 1.29 is 4.57 Å². The molecule has 4 rings (SSSR count). The van der Waals surface area contributed by atoms with Crippen molar-refractivity contribution in [1.82, 2.24) is 0 Å². The van der Waals surface area contributed by atoms with Gasteiger partial charge in [-0.2, -0.15) is 0 Å². The maximum Gasteiger partial charge on any atom is 0.168 e. The number of rotatable bonds is 6. The molecule has 0 amide bonds. The third kappa shape index (κ3) is 3.77. The number of anilines is 1. The second-order valence-corrected chi connectivity index (χ2v) is 9.90. The van der Waals surface area contributed by atoms with Crippen LogP contribution >= 0.6 is 7.14 Å². The Hall–Kier alpha value is -3.09. The van der Waals surface area contributed by atoms with E-state index in [9.17, 15) is 0 Å². The van der Waals surface area contributed by atoms with Crippen LogP contribution in [0.25, 0.3) is 0 Å². The van der Waals surface area contributed by atoms with Gasteiger partial charge in [0.15, 0.2) is 7.14 Å². The number of hydrogen-bond donors (Lipinski definition) is 0. The molecule has 3 heteroatoms. The van der Waals surface area contributed by atoms with Gasteiger partial charge in [-0.25, -0.2) is 0 Å². The number of hydrogen-bond acceptors (Lipinski definition) is 2. The lowest BCUT2D eigenvalue weighted by Gasteiger charge is -2.37. The molecule has 0 bridgehead atoms. The predicted octanol–water partition coefficient (Wildman–Crippen LogP) is 5.84. The molecule has 0 N–H and O–H groups in total. The second kappa shape index (κ2) is 8.51. The quantitative estimate of drug-likeness (QED) is 0.381. The minimum atomic E-state index is -3.05. The van der Waals surface area contributed by atoms with E-state index >= 15 is 4.57 Å². The molecule has 1 atom stereocenters. The van der Waals surface area contributed by atoms with E-state index < -0.39 is 7.14 Å². The smallest absolute Gasteiger partial charge is 0.168 e. The van der Waals surface area contributed by atoms with Crippen molar-refractivity contribution in [2.24, 2.45) is 0 Å². The first-order valence-corrected chi connectivity index (χ1v) is 11.5. The predicted molar refractivity (Wildman–Crippen MR) is 124 cm³/mol. The second-order valence-electron chi connectivity index (χ2n) is 7.06. The summed E-state index contributed by atoms with van der Waals surface area (Å²) in [7, 11) is -1.02. The van der Waals surface area contributed by atoms with E-state index in [2.05, 4.69) is 29.2 Å². The van der Waals surface area contributed by atoms with Crippen molar-refractivity contribution in [3.8, 4) is 0 Å². The molecule has 0 aliphatic rings. The van der Waals surface area contributed by atoms with Crippen molar-refractivity contribution in [1.29, 1.82) is 0 Å². The molecule has 0 aliphatic heterocycles. The number of benzene rings is 4. The summed E-state index contributed by atoms with van der Waals surface area (Å²) in [5.74, 6) is -0.323. The van der Waals surface area contributed by atoms with Gasteiger partial charge < -0.3 is 9.46 Å². The molecule has 4 aromatic carbocycles. The van der Waals surface area contributed by atoms with Crippen LogP contribution in [0.1, 0.15) is 11.3 Å². The molecule has 29 heavy (non-hydrogen) atoms. The Morgan fingerprint density at radius 3 is 1.41 bits per heavy atom. The Balaban J connectivity index is 1.98. The van der Waals surface area contributed by atoms with Gasteiger partial charge in [0, 0.05) is 23.3 Å². The summed E-state index contributed by atoms with van der Waals surface area (Å²) in [4.78, 5) is 2.15. The zero-order chi connectivity index (χ0) is 20.1. The summed E-state index contributed by atoms with van der Waals surface area (Å²) in [5.41, 5.74) is 2.07. The highest BCUT2D eigenvalue weighted by Gasteiger charge is 2.40. The Kier molecular flexibility index (Phi) is 5.64. The van der Waals surface area contributed by atoms with Gasteiger partial charge in [-0.1, -0.05) is 109 Å². The lowest BCUT2D eigenvalue weighted by Crippen LogP contribution is -2.32. The standard InChI is InChI=1S/C26H24NOP/c1-27(23-16-8-3-9-17-23)26(22-14-6-2-7-15-22)29(28,24-18-10-4-11-19-24)25-20-12-5-13-21-25/h2-21,26H,1H3. The molecule has 1 unspecified atom stereocenters. The van der Waals surface area contributed by atoms with E-state index in [1.165, 1.54) is 0 Å². The third-order valence-electron chi connectivity index (χ3n) is 5.25. The number of nitrogens with zero attached hydrogens (tertiary/aromatic N) is 1. The molecule has 0 aromatic heterocycles. The molecule has 144 valence electrons. The zero-order valence-corrected chi connectivity index (χ0v) is 17.3. The summed E-state index contributed by atoms with van der Waals surface area (Å²) in [6, 6.07) is 40.1. The largest absolute Gasteiger partial charge is 0.360 e. The van der Waals surface area contributed by atoms with Gasteiger partial charge in [0.1, 0.15) is 5.78 Å². The first kappa shape index (κ1) is 19.2. The van der Waals surface area contributed by atoms with Crippen LogP contribution in [0.2, 0.25) is 0 Å². The van der Waals surface area contributed by atoms with E-state index in [1.54, 1.807) is 0 Å². The fraction of sp³-hybridized carbons (Fsp3) is 0.0769. The van der Waals surface area contributed by atoms with Crippen molar-refractivity contribution >= 4 is 23.4 Å². The molecule has 2 nitrogen and oxygen atoms in total. The molecular formula is C26H24NOP. The zero-order valence-electron chi connectivity index (χ0n) is 16.4. The van der Waals surface area contributed by atoms with Crippen molar-refractivity contribution in [2.45, 2.75) is 5.78 Å². The van der Waals surface area contributed by atoms with E-state index in [0.717, 1.165) is 21.9 Å². The highest BCUT2D eigenvalue weighted by molar-refractivity contribution is 7.79. The molecule has 0 fully saturated rings. The summed E-state index contributed by atoms with van der Waals surface area (Å²) in [6.07, 6.45) is 0. The highest BCUT2D eigenvalue weighted by atomic mass is 31.2. The fourth-order valence-corrected chi connectivity index (χ4v) is 7.14. The molecule has 0 heterocycles. The monoisotopic (exact) mass is 397 g/mol. The van der Waals surface area contributed by atoms with Crippen molar-refractivity contribution in [3.05, 3.63) is 127 Å². The first-order valence-electron chi connectivity index (χ1n) is 9.75. The van der Waals surface area contributed by atoms with E-state index in [4.69, 9.17) is 0 Å². The molecule has 0 saturated heterocycles. The molecule has 0 saturated carbocycles. The molecular weight excluding hydrogens is 373 g/mol. The van der Waals surface area contributed by atoms with Crippen LogP contribution in [0.3, 0.4) is 0 Å². The van der Waals surface area contributed by atoms with Gasteiger partial charge in [-0.3, -0.25) is 0 Å². The molecule has 0 aliphatic carbocycles. The third-order valence-corrected chi connectivity index (χ3v) is 8.72. The van der Waals surface area contributed by atoms with E-state index in [0.29, 0.717) is 0 Å². The number of para-hydroxylation sites is 1. The minimum absolute atomic E-state index is 0.323. The minimum Gasteiger partial charge on any atom is -0.360 e. The highest BCUT2D eigenvalue weighted by Crippen LogP contribution is 2.58. The Labute approximate surface area is 172 Å². The summed E-state index contributed by atoms with van der Waals surface area (Å²) in [6.45, 7) is 0. The van der Waals surface area contributed by atoms with Gasteiger partial charge >= 0.3 is 0 Å². The summed E-state index contributed by atoms with van der Waals surface area (Å²) < 4.78 is 15.1. The van der Waals surface area contributed by atoms with Crippen LogP contribution in [0.4, 0.5) is 5.69 Å². The Morgan fingerprint density at radius 1 is 0.586 bits per heavy atom. The van der Waals surface area contributed by atoms with Crippen LogP contribution in [-0.4, -0.2) is 7.05 Å². The summed E-state index contributed by atoms with van der Waals surface area (Å²) in [5, 5.41) is 1.73. The van der Waals surface area contributed by atoms with E-state index in [1.807, 2.05) is 104 Å². The van der Waals surface area contributed by atoms with Gasteiger partial charge in [0.25, 0.3) is 0 Å². The van der Waals surface area contributed by atoms with Crippen LogP contribution in [0.5, 0.6) is 0 Å². The van der Waals surface area contributed by atoms with Gasteiger partial charge in [-0.05, 0) is 17.7 Å².